The van der Waals surface area contributed by atoms with E-state index in [0.717, 1.165) is 5.56 Å². The largest absolute Gasteiger partial charge is 0.506 e. The highest BCUT2D eigenvalue weighted by molar-refractivity contribution is 6.33. The minimum Gasteiger partial charge on any atom is -0.506 e. The summed E-state index contributed by atoms with van der Waals surface area (Å²) in [7, 11) is 0. The lowest BCUT2D eigenvalue weighted by molar-refractivity contribution is -0.137. The molecule has 0 amide bonds. The summed E-state index contributed by atoms with van der Waals surface area (Å²) in [5.41, 5.74) is 1.46. The third kappa shape index (κ3) is 4.10. The minimum absolute atomic E-state index is 0.0327. The molecule has 0 atom stereocenters. The molecule has 0 spiro atoms. The number of carbonyl (C=O) groups excluding carboxylic acids is 1. The average Bonchev–Trinajstić information content (AvgIpc) is 2.68. The molecule has 1 heterocycles. The van der Waals surface area contributed by atoms with Crippen LogP contribution in [0.15, 0.2) is 79.0 Å². The molecule has 2 aromatic carbocycles. The lowest BCUT2D eigenvalue weighted by Crippen LogP contribution is -2.11. The van der Waals surface area contributed by atoms with Crippen molar-refractivity contribution in [3.63, 3.8) is 0 Å². The van der Waals surface area contributed by atoms with Crippen molar-refractivity contribution in [2.75, 3.05) is 0 Å². The number of aromatic nitrogens is 1. The van der Waals surface area contributed by atoms with E-state index in [4.69, 9.17) is 16.3 Å². The number of carbonyl (C=O) groups is 1. The van der Waals surface area contributed by atoms with E-state index >= 15 is 0 Å². The van der Waals surface area contributed by atoms with Crippen LogP contribution in [-0.2, 0) is 16.1 Å². The fraction of sp³-hybridized carbons (Fsp3) is 0.0476. The smallest absolute Gasteiger partial charge is 0.344 e. The Hall–Kier alpha value is -3.11. The van der Waals surface area contributed by atoms with Gasteiger partial charge >= 0.3 is 5.97 Å². The summed E-state index contributed by atoms with van der Waals surface area (Å²) in [5.74, 6) is -0.947. The number of halogens is 1. The van der Waals surface area contributed by atoms with Crippen LogP contribution in [0, 0.1) is 0 Å². The summed E-state index contributed by atoms with van der Waals surface area (Å²) in [6.07, 6.45) is 1.54. The molecule has 26 heavy (non-hydrogen) atoms. The molecule has 130 valence electrons. The fourth-order valence-corrected chi connectivity index (χ4v) is 2.64. The Kier molecular flexibility index (Phi) is 5.66. The van der Waals surface area contributed by atoms with Gasteiger partial charge in [-0.3, -0.25) is 4.98 Å². The summed E-state index contributed by atoms with van der Waals surface area (Å²) >= 11 is 6.16. The van der Waals surface area contributed by atoms with E-state index in [1.165, 1.54) is 0 Å². The van der Waals surface area contributed by atoms with Gasteiger partial charge in [0, 0.05) is 11.8 Å². The van der Waals surface area contributed by atoms with Crippen LogP contribution in [0.4, 0.5) is 0 Å². The number of rotatable bonds is 5. The first kappa shape index (κ1) is 17.7. The summed E-state index contributed by atoms with van der Waals surface area (Å²) in [6, 6.07) is 21.1. The second-order valence-corrected chi connectivity index (χ2v) is 5.89. The maximum absolute atomic E-state index is 12.7. The van der Waals surface area contributed by atoms with Gasteiger partial charge in [-0.05, 0) is 29.8 Å². The molecule has 0 saturated heterocycles. The Labute approximate surface area is 156 Å². The minimum atomic E-state index is -0.676. The van der Waals surface area contributed by atoms with Crippen LogP contribution in [0.1, 0.15) is 16.8 Å². The number of benzene rings is 2. The number of hydrogen-bond acceptors (Lipinski definition) is 4. The zero-order valence-electron chi connectivity index (χ0n) is 13.8. The Bertz CT molecular complexity index is 924. The number of hydrogen-bond donors (Lipinski definition) is 1. The molecule has 0 bridgehead atoms. The van der Waals surface area contributed by atoms with Crippen LogP contribution in [-0.4, -0.2) is 16.1 Å². The van der Waals surface area contributed by atoms with Gasteiger partial charge in [0.1, 0.15) is 17.9 Å². The van der Waals surface area contributed by atoms with Crippen molar-refractivity contribution in [3.8, 4) is 0 Å². The van der Waals surface area contributed by atoms with Crippen molar-refractivity contribution in [3.05, 3.63) is 101 Å². The normalized spacial score (nSPS) is 11.6. The van der Waals surface area contributed by atoms with E-state index in [-0.39, 0.29) is 17.9 Å². The van der Waals surface area contributed by atoms with Crippen molar-refractivity contribution in [1.82, 2.24) is 4.98 Å². The maximum atomic E-state index is 12.7. The van der Waals surface area contributed by atoms with Gasteiger partial charge in [0.2, 0.25) is 0 Å². The van der Waals surface area contributed by atoms with Crippen molar-refractivity contribution in [1.29, 1.82) is 0 Å². The molecule has 0 fully saturated rings. The van der Waals surface area contributed by atoms with Crippen molar-refractivity contribution in [2.45, 2.75) is 6.61 Å². The topological polar surface area (TPSA) is 59.4 Å². The number of ether oxygens (including phenoxy) is 1. The van der Waals surface area contributed by atoms with Crippen molar-refractivity contribution >= 4 is 28.9 Å². The first-order valence-electron chi connectivity index (χ1n) is 7.97. The Morgan fingerprint density at radius 3 is 2.35 bits per heavy atom. The van der Waals surface area contributed by atoms with Gasteiger partial charge < -0.3 is 9.84 Å². The Balaban J connectivity index is 1.97. The number of nitrogens with zero attached hydrogens (tertiary/aromatic N) is 1. The zero-order valence-corrected chi connectivity index (χ0v) is 14.6. The van der Waals surface area contributed by atoms with Crippen molar-refractivity contribution in [2.24, 2.45) is 0 Å². The average molecular weight is 366 g/mol. The molecule has 5 heteroatoms. The number of aliphatic hydroxyl groups excluding tert-OH is 1. The molecule has 3 aromatic rings. The zero-order chi connectivity index (χ0) is 18.4. The number of pyridine rings is 1. The quantitative estimate of drug-likeness (QED) is 0.396. The van der Waals surface area contributed by atoms with E-state index in [0.29, 0.717) is 16.3 Å². The fourth-order valence-electron chi connectivity index (χ4n) is 2.42. The van der Waals surface area contributed by atoms with Gasteiger partial charge in [-0.15, -0.1) is 0 Å². The molecule has 0 radical (unpaired) electrons. The van der Waals surface area contributed by atoms with Crippen LogP contribution >= 0.6 is 11.6 Å². The van der Waals surface area contributed by atoms with E-state index in [1.54, 1.807) is 48.7 Å². The van der Waals surface area contributed by atoms with E-state index in [2.05, 4.69) is 4.98 Å². The lowest BCUT2D eigenvalue weighted by Gasteiger charge is -2.12. The van der Waals surface area contributed by atoms with Crippen LogP contribution in [0.2, 0.25) is 5.02 Å². The molecule has 0 aliphatic rings. The predicted octanol–water partition coefficient (Wildman–Crippen LogP) is 4.90. The highest BCUT2D eigenvalue weighted by atomic mass is 35.5. The third-order valence-corrected chi connectivity index (χ3v) is 4.03. The van der Waals surface area contributed by atoms with Gasteiger partial charge in [-0.2, -0.15) is 0 Å². The predicted molar refractivity (Wildman–Crippen MR) is 101 cm³/mol. The van der Waals surface area contributed by atoms with Gasteiger partial charge in [0.05, 0.1) is 10.7 Å². The van der Waals surface area contributed by atoms with Gasteiger partial charge in [-0.1, -0.05) is 60.1 Å². The van der Waals surface area contributed by atoms with Gasteiger partial charge in [0.15, 0.2) is 0 Å². The van der Waals surface area contributed by atoms with Gasteiger partial charge in [0.25, 0.3) is 0 Å². The summed E-state index contributed by atoms with van der Waals surface area (Å²) < 4.78 is 5.39. The summed E-state index contributed by atoms with van der Waals surface area (Å²) in [5, 5.41) is 11.1. The second-order valence-electron chi connectivity index (χ2n) is 5.48. The molecule has 4 nitrogen and oxygen atoms in total. The first-order chi connectivity index (χ1) is 12.7. The first-order valence-corrected chi connectivity index (χ1v) is 8.35. The van der Waals surface area contributed by atoms with Crippen LogP contribution in [0.3, 0.4) is 0 Å². The van der Waals surface area contributed by atoms with Crippen LogP contribution < -0.4 is 0 Å². The molecule has 0 saturated carbocycles. The molecular formula is C21H16ClNO3. The maximum Gasteiger partial charge on any atom is 0.344 e. The molecule has 3 rings (SSSR count). The molecular weight excluding hydrogens is 350 g/mol. The Morgan fingerprint density at radius 1 is 0.962 bits per heavy atom. The molecule has 0 aliphatic heterocycles. The SMILES string of the molecule is O=C(OCc1ccccc1)/C(=C(\O)c1ccccc1Cl)c1ccccn1. The Morgan fingerprint density at radius 2 is 1.65 bits per heavy atom. The van der Waals surface area contributed by atoms with Crippen molar-refractivity contribution < 1.29 is 14.6 Å². The second kappa shape index (κ2) is 8.32. The number of esters is 1. The van der Waals surface area contributed by atoms with Crippen LogP contribution in [0.5, 0.6) is 0 Å². The summed E-state index contributed by atoms with van der Waals surface area (Å²) in [4.78, 5) is 16.9. The standard InChI is InChI=1S/C21H16ClNO3/c22-17-11-5-4-10-16(17)20(24)19(18-12-6-7-13-23-18)21(25)26-14-15-8-2-1-3-9-15/h1-13,24H,14H2/b20-19-. The van der Waals surface area contributed by atoms with E-state index in [1.807, 2.05) is 30.3 Å². The summed E-state index contributed by atoms with van der Waals surface area (Å²) in [6.45, 7) is 0.0891. The molecule has 0 aliphatic carbocycles. The molecule has 1 aromatic heterocycles. The van der Waals surface area contributed by atoms with E-state index < -0.39 is 5.97 Å². The van der Waals surface area contributed by atoms with E-state index in [9.17, 15) is 9.90 Å². The molecule has 0 unspecified atom stereocenters. The molecule has 1 N–H and O–H groups in total. The van der Waals surface area contributed by atoms with Gasteiger partial charge in [-0.25, -0.2) is 4.79 Å². The lowest BCUT2D eigenvalue weighted by atomic mass is 10.0. The highest BCUT2D eigenvalue weighted by Crippen LogP contribution is 2.29. The third-order valence-electron chi connectivity index (χ3n) is 3.70. The highest BCUT2D eigenvalue weighted by Gasteiger charge is 2.22. The monoisotopic (exact) mass is 365 g/mol. The van der Waals surface area contributed by atoms with Crippen LogP contribution in [0.25, 0.3) is 11.3 Å². The number of aliphatic hydroxyl groups is 1.